The molecule has 1 aromatic carbocycles. The Kier molecular flexibility index (Phi) is 5.54. The molecule has 3 heterocycles. The van der Waals surface area contributed by atoms with Crippen molar-refractivity contribution in [3.05, 3.63) is 46.3 Å². The van der Waals surface area contributed by atoms with E-state index in [1.54, 1.807) is 11.3 Å². The van der Waals surface area contributed by atoms with Crippen LogP contribution in [0.4, 0.5) is 0 Å². The van der Waals surface area contributed by atoms with Crippen LogP contribution in [0.25, 0.3) is 10.6 Å². The molecule has 4 rings (SSSR count). The molecule has 0 saturated carbocycles. The number of benzene rings is 1. The van der Waals surface area contributed by atoms with Gasteiger partial charge < -0.3 is 4.42 Å². The first kappa shape index (κ1) is 18.9. The fraction of sp³-hybridized carbons (Fsp3) is 0.353. The van der Waals surface area contributed by atoms with Crippen molar-refractivity contribution in [2.24, 2.45) is 5.92 Å². The van der Waals surface area contributed by atoms with E-state index in [2.05, 4.69) is 15.2 Å². The van der Waals surface area contributed by atoms with E-state index in [9.17, 15) is 8.42 Å². The summed E-state index contributed by atoms with van der Waals surface area (Å²) in [7, 11) is -2.89. The number of sulfone groups is 1. The van der Waals surface area contributed by atoms with Gasteiger partial charge in [-0.25, -0.2) is 13.4 Å². The maximum atomic E-state index is 11.5. The van der Waals surface area contributed by atoms with E-state index >= 15 is 0 Å². The third-order valence-electron chi connectivity index (χ3n) is 4.24. The molecule has 0 bridgehead atoms. The zero-order valence-electron chi connectivity index (χ0n) is 14.2. The van der Waals surface area contributed by atoms with Gasteiger partial charge in [0.15, 0.2) is 9.84 Å². The van der Waals surface area contributed by atoms with Crippen molar-refractivity contribution in [1.82, 2.24) is 15.2 Å². The number of aromatic nitrogens is 3. The first-order chi connectivity index (χ1) is 13.0. The Morgan fingerprint density at radius 3 is 2.93 bits per heavy atom. The van der Waals surface area contributed by atoms with Crippen LogP contribution in [0.15, 0.2) is 39.3 Å². The van der Waals surface area contributed by atoms with Gasteiger partial charge in [-0.15, -0.1) is 21.5 Å². The second kappa shape index (κ2) is 7.90. The summed E-state index contributed by atoms with van der Waals surface area (Å²) in [6.45, 7) is 0. The zero-order valence-corrected chi connectivity index (χ0v) is 17.4. The van der Waals surface area contributed by atoms with Crippen molar-refractivity contribution in [3.8, 4) is 10.6 Å². The molecular weight excluding hydrogens is 426 g/mol. The molecule has 0 aliphatic carbocycles. The Morgan fingerprint density at radius 2 is 2.15 bits per heavy atom. The van der Waals surface area contributed by atoms with Gasteiger partial charge in [0, 0.05) is 23.1 Å². The highest BCUT2D eigenvalue weighted by atomic mass is 35.5. The van der Waals surface area contributed by atoms with Crippen molar-refractivity contribution < 1.29 is 12.8 Å². The highest BCUT2D eigenvalue weighted by Gasteiger charge is 2.29. The van der Waals surface area contributed by atoms with Crippen molar-refractivity contribution in [2.75, 3.05) is 11.5 Å². The van der Waals surface area contributed by atoms with Crippen LogP contribution in [0.1, 0.15) is 18.0 Å². The fourth-order valence-electron chi connectivity index (χ4n) is 2.93. The first-order valence-corrected chi connectivity index (χ1v) is 12.4. The van der Waals surface area contributed by atoms with E-state index in [-0.39, 0.29) is 17.4 Å². The van der Waals surface area contributed by atoms with Crippen molar-refractivity contribution in [3.63, 3.8) is 0 Å². The van der Waals surface area contributed by atoms with Crippen LogP contribution in [0.3, 0.4) is 0 Å². The molecule has 142 valence electrons. The summed E-state index contributed by atoms with van der Waals surface area (Å²) >= 11 is 9.18. The molecule has 0 radical (unpaired) electrons. The number of rotatable bonds is 6. The monoisotopic (exact) mass is 441 g/mol. The summed E-state index contributed by atoms with van der Waals surface area (Å²) in [5.74, 6) is 1.65. The summed E-state index contributed by atoms with van der Waals surface area (Å²) < 4.78 is 28.7. The lowest BCUT2D eigenvalue weighted by Crippen LogP contribution is -2.07. The molecule has 0 unspecified atom stereocenters. The SMILES string of the molecule is O=S1(=O)CC[C@H](Cc2nnc(SCc3csc(-c4ccccc4Cl)n3)o2)C1. The average molecular weight is 442 g/mol. The maximum absolute atomic E-state index is 11.5. The number of thioether (sulfide) groups is 1. The molecule has 2 aromatic heterocycles. The van der Waals surface area contributed by atoms with Gasteiger partial charge in [0.2, 0.25) is 5.89 Å². The van der Waals surface area contributed by atoms with Crippen LogP contribution in [-0.2, 0) is 22.0 Å². The Hall–Kier alpha value is -1.42. The van der Waals surface area contributed by atoms with Crippen LogP contribution in [0.2, 0.25) is 5.02 Å². The minimum atomic E-state index is -2.89. The lowest BCUT2D eigenvalue weighted by atomic mass is 10.1. The second-order valence-electron chi connectivity index (χ2n) is 6.35. The van der Waals surface area contributed by atoms with Gasteiger partial charge in [0.1, 0.15) is 5.01 Å². The van der Waals surface area contributed by atoms with Gasteiger partial charge in [0.25, 0.3) is 5.22 Å². The summed E-state index contributed by atoms with van der Waals surface area (Å²) in [5, 5.41) is 12.1. The smallest absolute Gasteiger partial charge is 0.276 e. The minimum absolute atomic E-state index is 0.0741. The molecule has 27 heavy (non-hydrogen) atoms. The van der Waals surface area contributed by atoms with Gasteiger partial charge in [0.05, 0.1) is 22.2 Å². The molecule has 6 nitrogen and oxygen atoms in total. The average Bonchev–Trinajstić information content (AvgIpc) is 3.34. The summed E-state index contributed by atoms with van der Waals surface area (Å²) in [5.41, 5.74) is 1.84. The van der Waals surface area contributed by atoms with Crippen LogP contribution in [-0.4, -0.2) is 35.1 Å². The molecule has 0 spiro atoms. The molecule has 1 atom stereocenters. The number of hydrogen-bond acceptors (Lipinski definition) is 8. The van der Waals surface area contributed by atoms with E-state index in [1.807, 2.05) is 29.6 Å². The normalized spacial score (nSPS) is 18.8. The van der Waals surface area contributed by atoms with E-state index < -0.39 is 9.84 Å². The first-order valence-electron chi connectivity index (χ1n) is 8.33. The Morgan fingerprint density at radius 1 is 1.30 bits per heavy atom. The summed E-state index contributed by atoms with van der Waals surface area (Å²) in [6, 6.07) is 7.63. The highest BCUT2D eigenvalue weighted by Crippen LogP contribution is 2.32. The van der Waals surface area contributed by atoms with Gasteiger partial charge in [-0.05, 0) is 18.4 Å². The van der Waals surface area contributed by atoms with E-state index in [0.29, 0.717) is 34.7 Å². The fourth-order valence-corrected chi connectivity index (χ4v) is 6.71. The third kappa shape index (κ3) is 4.71. The topological polar surface area (TPSA) is 86.0 Å². The predicted molar refractivity (Wildman–Crippen MR) is 107 cm³/mol. The molecule has 1 aliphatic heterocycles. The van der Waals surface area contributed by atoms with Crippen LogP contribution >= 0.6 is 34.7 Å². The van der Waals surface area contributed by atoms with Gasteiger partial charge in [-0.3, -0.25) is 0 Å². The largest absolute Gasteiger partial charge is 0.416 e. The second-order valence-corrected chi connectivity index (χ2v) is 10.8. The maximum Gasteiger partial charge on any atom is 0.276 e. The number of nitrogens with zero attached hydrogens (tertiary/aromatic N) is 3. The van der Waals surface area contributed by atoms with Gasteiger partial charge >= 0.3 is 0 Å². The van der Waals surface area contributed by atoms with E-state index in [4.69, 9.17) is 16.0 Å². The number of halogens is 1. The van der Waals surface area contributed by atoms with E-state index in [1.165, 1.54) is 11.8 Å². The summed E-state index contributed by atoms with van der Waals surface area (Å²) in [4.78, 5) is 4.62. The predicted octanol–water partition coefficient (Wildman–Crippen LogP) is 4.12. The van der Waals surface area contributed by atoms with Crippen molar-refractivity contribution in [1.29, 1.82) is 0 Å². The Balaban J connectivity index is 1.35. The molecule has 0 N–H and O–H groups in total. The standard InChI is InChI=1S/C17H16ClN3O3S3/c18-14-4-2-1-3-13(14)16-19-12(8-25-16)9-26-17-21-20-15(24-17)7-11-5-6-27(22,23)10-11/h1-4,8,11H,5-7,9-10H2/t11-/m1/s1. The molecular formula is C17H16ClN3O3S3. The molecule has 1 fully saturated rings. The van der Waals surface area contributed by atoms with Crippen molar-refractivity contribution >= 4 is 44.5 Å². The lowest BCUT2D eigenvalue weighted by molar-refractivity contribution is 0.389. The molecule has 1 saturated heterocycles. The van der Waals surface area contributed by atoms with Crippen molar-refractivity contribution in [2.45, 2.75) is 23.8 Å². The third-order valence-corrected chi connectivity index (χ3v) is 8.18. The van der Waals surface area contributed by atoms with Gasteiger partial charge in [-0.2, -0.15) is 0 Å². The van der Waals surface area contributed by atoms with Crippen LogP contribution in [0.5, 0.6) is 0 Å². The molecule has 10 heteroatoms. The van der Waals surface area contributed by atoms with Crippen LogP contribution < -0.4 is 0 Å². The molecule has 1 aliphatic rings. The number of hydrogen-bond donors (Lipinski definition) is 0. The minimum Gasteiger partial charge on any atom is -0.416 e. The Labute approximate surface area is 170 Å². The quantitative estimate of drug-likeness (QED) is 0.532. The lowest BCUT2D eigenvalue weighted by Gasteiger charge is -2.01. The molecule has 0 amide bonds. The number of thiazole rings is 1. The van der Waals surface area contributed by atoms with Gasteiger partial charge in [-0.1, -0.05) is 41.6 Å². The summed E-state index contributed by atoms with van der Waals surface area (Å²) in [6.07, 6.45) is 1.18. The van der Waals surface area contributed by atoms with E-state index in [0.717, 1.165) is 16.3 Å². The zero-order chi connectivity index (χ0) is 18.9. The van der Waals surface area contributed by atoms with Crippen LogP contribution in [0, 0.1) is 5.92 Å². The highest BCUT2D eigenvalue weighted by molar-refractivity contribution is 7.98. The Bertz CT molecular complexity index is 1050. The molecule has 3 aromatic rings.